The maximum absolute atomic E-state index is 11.8. The summed E-state index contributed by atoms with van der Waals surface area (Å²) in [5.74, 6) is 0.391. The van der Waals surface area contributed by atoms with Gasteiger partial charge in [0.15, 0.2) is 0 Å². The Morgan fingerprint density at radius 1 is 0.792 bits per heavy atom. The SMILES string of the molecule is O=C(CCCC(=O)OCC1CCCCC1Cl)OCC1CCCCC1. The second-order valence-electron chi connectivity index (χ2n) is 7.28. The second kappa shape index (κ2) is 11.0. The molecule has 24 heavy (non-hydrogen) atoms. The molecular formula is C19H31ClO4. The molecule has 5 heteroatoms. The van der Waals surface area contributed by atoms with Crippen LogP contribution < -0.4 is 0 Å². The molecule has 0 aromatic carbocycles. The first-order chi connectivity index (χ1) is 11.6. The Labute approximate surface area is 150 Å². The third kappa shape index (κ3) is 7.42. The number of carbonyl (C=O) groups excluding carboxylic acids is 2. The Bertz CT molecular complexity index is 393. The van der Waals surface area contributed by atoms with E-state index >= 15 is 0 Å². The minimum Gasteiger partial charge on any atom is -0.465 e. The Morgan fingerprint density at radius 2 is 1.38 bits per heavy atom. The van der Waals surface area contributed by atoms with Crippen LogP contribution in [-0.2, 0) is 19.1 Å². The second-order valence-corrected chi connectivity index (χ2v) is 7.84. The van der Waals surface area contributed by atoms with Gasteiger partial charge in [-0.3, -0.25) is 9.59 Å². The number of carbonyl (C=O) groups is 2. The fraction of sp³-hybridized carbons (Fsp3) is 0.895. The zero-order valence-corrected chi connectivity index (χ0v) is 15.4. The number of hydrogen-bond acceptors (Lipinski definition) is 4. The van der Waals surface area contributed by atoms with Gasteiger partial charge in [0, 0.05) is 24.1 Å². The topological polar surface area (TPSA) is 52.6 Å². The predicted octanol–water partition coefficient (Wildman–Crippen LogP) is 4.62. The van der Waals surface area contributed by atoms with Gasteiger partial charge in [0.1, 0.15) is 0 Å². The van der Waals surface area contributed by atoms with Gasteiger partial charge in [0.05, 0.1) is 13.2 Å². The molecule has 2 saturated carbocycles. The van der Waals surface area contributed by atoms with Gasteiger partial charge in [-0.15, -0.1) is 11.6 Å². The van der Waals surface area contributed by atoms with Gasteiger partial charge in [-0.05, 0) is 38.0 Å². The fourth-order valence-electron chi connectivity index (χ4n) is 3.64. The zero-order valence-electron chi connectivity index (χ0n) is 14.6. The Balaban J connectivity index is 1.49. The number of ether oxygens (including phenoxy) is 2. The largest absolute Gasteiger partial charge is 0.465 e. The van der Waals surface area contributed by atoms with Crippen molar-refractivity contribution in [1.82, 2.24) is 0 Å². The van der Waals surface area contributed by atoms with Crippen LogP contribution in [0.1, 0.15) is 77.0 Å². The molecule has 0 bridgehead atoms. The molecule has 2 aliphatic rings. The summed E-state index contributed by atoms with van der Waals surface area (Å²) in [5.41, 5.74) is 0. The average Bonchev–Trinajstić information content (AvgIpc) is 2.60. The van der Waals surface area contributed by atoms with Crippen molar-refractivity contribution >= 4 is 23.5 Å². The number of hydrogen-bond donors (Lipinski definition) is 0. The smallest absolute Gasteiger partial charge is 0.305 e. The summed E-state index contributed by atoms with van der Waals surface area (Å²) in [6.07, 6.45) is 11.6. The van der Waals surface area contributed by atoms with Crippen molar-refractivity contribution in [2.45, 2.75) is 82.4 Å². The summed E-state index contributed by atoms with van der Waals surface area (Å²) in [6.45, 7) is 0.960. The standard InChI is InChI=1S/C19H31ClO4/c20-17-10-5-4-9-16(17)14-24-19(22)12-6-11-18(21)23-13-15-7-2-1-3-8-15/h15-17H,1-14H2. The minimum atomic E-state index is -0.232. The van der Waals surface area contributed by atoms with Crippen LogP contribution in [0.5, 0.6) is 0 Å². The van der Waals surface area contributed by atoms with E-state index in [4.69, 9.17) is 21.1 Å². The summed E-state index contributed by atoms with van der Waals surface area (Å²) in [7, 11) is 0. The minimum absolute atomic E-state index is 0.126. The fourth-order valence-corrected chi connectivity index (χ4v) is 3.99. The molecule has 2 unspecified atom stereocenters. The molecular weight excluding hydrogens is 328 g/mol. The third-order valence-electron chi connectivity index (χ3n) is 5.24. The van der Waals surface area contributed by atoms with Crippen LogP contribution in [0.3, 0.4) is 0 Å². The van der Waals surface area contributed by atoms with E-state index in [9.17, 15) is 9.59 Å². The molecule has 0 spiro atoms. The number of halogens is 1. The van der Waals surface area contributed by atoms with Crippen molar-refractivity contribution in [1.29, 1.82) is 0 Å². The van der Waals surface area contributed by atoms with E-state index in [2.05, 4.69) is 0 Å². The van der Waals surface area contributed by atoms with Crippen LogP contribution in [0.25, 0.3) is 0 Å². The van der Waals surface area contributed by atoms with Gasteiger partial charge >= 0.3 is 11.9 Å². The van der Waals surface area contributed by atoms with Gasteiger partial charge in [-0.25, -0.2) is 0 Å². The number of esters is 2. The molecule has 4 nitrogen and oxygen atoms in total. The summed E-state index contributed by atoms with van der Waals surface area (Å²) in [5, 5.41) is 0.126. The van der Waals surface area contributed by atoms with Crippen molar-refractivity contribution in [3.8, 4) is 0 Å². The first-order valence-corrected chi connectivity index (χ1v) is 10.0. The third-order valence-corrected chi connectivity index (χ3v) is 5.82. The number of alkyl halides is 1. The van der Waals surface area contributed by atoms with Crippen LogP contribution in [-0.4, -0.2) is 30.5 Å². The van der Waals surface area contributed by atoms with Crippen LogP contribution in [0.4, 0.5) is 0 Å². The molecule has 0 radical (unpaired) electrons. The maximum atomic E-state index is 11.8. The van der Waals surface area contributed by atoms with E-state index in [0.29, 0.717) is 32.0 Å². The molecule has 2 fully saturated rings. The molecule has 0 saturated heterocycles. The summed E-state index contributed by atoms with van der Waals surface area (Å²) in [4.78, 5) is 23.5. The van der Waals surface area contributed by atoms with Crippen molar-refractivity contribution in [2.24, 2.45) is 11.8 Å². The lowest BCUT2D eigenvalue weighted by atomic mass is 9.89. The Morgan fingerprint density at radius 3 is 2.04 bits per heavy atom. The molecule has 0 amide bonds. The van der Waals surface area contributed by atoms with Crippen molar-refractivity contribution in [3.05, 3.63) is 0 Å². The van der Waals surface area contributed by atoms with Crippen molar-refractivity contribution in [2.75, 3.05) is 13.2 Å². The van der Waals surface area contributed by atoms with E-state index in [0.717, 1.165) is 19.3 Å². The molecule has 0 aliphatic heterocycles. The van der Waals surface area contributed by atoms with E-state index in [-0.39, 0.29) is 29.7 Å². The Hall–Kier alpha value is -0.770. The Kier molecular flexibility index (Phi) is 8.93. The lowest BCUT2D eigenvalue weighted by molar-refractivity contribution is -0.147. The van der Waals surface area contributed by atoms with E-state index < -0.39 is 0 Å². The first-order valence-electron chi connectivity index (χ1n) is 9.60. The molecule has 2 aliphatic carbocycles. The maximum Gasteiger partial charge on any atom is 0.305 e. The number of rotatable bonds is 8. The highest BCUT2D eigenvalue weighted by atomic mass is 35.5. The molecule has 2 atom stereocenters. The first kappa shape index (κ1) is 19.6. The molecule has 0 N–H and O–H groups in total. The van der Waals surface area contributed by atoms with E-state index in [1.807, 2.05) is 0 Å². The van der Waals surface area contributed by atoms with Crippen LogP contribution in [0.2, 0.25) is 0 Å². The molecule has 138 valence electrons. The lowest BCUT2D eigenvalue weighted by Crippen LogP contribution is -2.25. The van der Waals surface area contributed by atoms with E-state index in [1.54, 1.807) is 0 Å². The average molecular weight is 359 g/mol. The quantitative estimate of drug-likeness (QED) is 0.469. The highest BCUT2D eigenvalue weighted by Crippen LogP contribution is 2.29. The molecule has 0 aromatic rings. The van der Waals surface area contributed by atoms with Gasteiger partial charge in [0.25, 0.3) is 0 Å². The van der Waals surface area contributed by atoms with Gasteiger partial charge in [0.2, 0.25) is 0 Å². The van der Waals surface area contributed by atoms with Crippen LogP contribution in [0.15, 0.2) is 0 Å². The molecule has 0 heterocycles. The zero-order chi connectivity index (χ0) is 17.2. The summed E-state index contributed by atoms with van der Waals surface area (Å²) < 4.78 is 10.6. The van der Waals surface area contributed by atoms with E-state index in [1.165, 1.54) is 38.5 Å². The van der Waals surface area contributed by atoms with Crippen molar-refractivity contribution in [3.63, 3.8) is 0 Å². The van der Waals surface area contributed by atoms with Gasteiger partial charge in [-0.1, -0.05) is 32.1 Å². The van der Waals surface area contributed by atoms with Crippen LogP contribution >= 0.6 is 11.6 Å². The highest BCUT2D eigenvalue weighted by Gasteiger charge is 2.24. The molecule has 0 aromatic heterocycles. The van der Waals surface area contributed by atoms with Crippen LogP contribution in [0, 0.1) is 11.8 Å². The summed E-state index contributed by atoms with van der Waals surface area (Å²) in [6, 6.07) is 0. The van der Waals surface area contributed by atoms with Gasteiger partial charge < -0.3 is 9.47 Å². The monoisotopic (exact) mass is 358 g/mol. The highest BCUT2D eigenvalue weighted by molar-refractivity contribution is 6.20. The normalized spacial score (nSPS) is 25.2. The predicted molar refractivity (Wildman–Crippen MR) is 93.9 cm³/mol. The van der Waals surface area contributed by atoms with Gasteiger partial charge in [-0.2, -0.15) is 0 Å². The van der Waals surface area contributed by atoms with Crippen molar-refractivity contribution < 1.29 is 19.1 Å². The molecule has 2 rings (SSSR count). The lowest BCUT2D eigenvalue weighted by Gasteiger charge is -2.26. The summed E-state index contributed by atoms with van der Waals surface area (Å²) >= 11 is 6.26.